The number of hydrogen-bond donors (Lipinski definition) is 1. The quantitative estimate of drug-likeness (QED) is 0.279. The number of carbonyl (C=O) groups excluding carboxylic acids is 3. The third-order valence-corrected chi connectivity index (χ3v) is 3.87. The molecule has 1 saturated heterocycles. The molecule has 0 saturated carbocycles. The van der Waals surface area contributed by atoms with E-state index in [0.29, 0.717) is 11.4 Å². The Morgan fingerprint density at radius 3 is 2.78 bits per heavy atom. The third kappa shape index (κ3) is 3.54. The van der Waals surface area contributed by atoms with Gasteiger partial charge in [0, 0.05) is 24.0 Å². The summed E-state index contributed by atoms with van der Waals surface area (Å²) in [5.41, 5.74) is 0.937. The first-order valence-corrected chi connectivity index (χ1v) is 7.74. The molecule has 3 rings (SSSR count). The van der Waals surface area contributed by atoms with Gasteiger partial charge in [-0.15, -0.1) is 0 Å². The molecule has 1 aromatic carbocycles. The van der Waals surface area contributed by atoms with E-state index in [-0.39, 0.29) is 11.4 Å². The van der Waals surface area contributed by atoms with Gasteiger partial charge >= 0.3 is 12.0 Å². The summed E-state index contributed by atoms with van der Waals surface area (Å²) in [6, 6.07) is 8.62. The van der Waals surface area contributed by atoms with Crippen molar-refractivity contribution in [1.29, 1.82) is 0 Å². The fraction of sp³-hybridized carbons (Fsp3) is 0.118. The number of hydrogen-bond acceptors (Lipinski definition) is 6. The first-order valence-electron chi connectivity index (χ1n) is 7.74. The second-order valence-corrected chi connectivity index (χ2v) is 5.54. The molecule has 1 fully saturated rings. The Morgan fingerprint density at radius 2 is 2.07 bits per heavy atom. The van der Waals surface area contributed by atoms with Crippen molar-refractivity contribution in [3.63, 3.8) is 0 Å². The normalized spacial score (nSPS) is 15.1. The van der Waals surface area contributed by atoms with Gasteiger partial charge in [0.2, 0.25) is 0 Å². The summed E-state index contributed by atoms with van der Waals surface area (Å²) in [4.78, 5) is 46.8. The molecule has 1 aliphatic rings. The molecule has 1 N–H and O–H groups in total. The van der Waals surface area contributed by atoms with E-state index < -0.39 is 29.4 Å². The van der Waals surface area contributed by atoms with Crippen LogP contribution in [0.1, 0.15) is 5.69 Å². The van der Waals surface area contributed by atoms with E-state index in [1.54, 1.807) is 35.0 Å². The number of aromatic nitrogens is 1. The fourth-order valence-corrected chi connectivity index (χ4v) is 2.56. The highest BCUT2D eigenvalue weighted by Gasteiger charge is 2.35. The van der Waals surface area contributed by atoms with Gasteiger partial charge in [0.25, 0.3) is 11.6 Å². The van der Waals surface area contributed by atoms with Crippen LogP contribution in [0.5, 0.6) is 0 Å². The van der Waals surface area contributed by atoms with E-state index in [0.717, 1.165) is 12.0 Å². The lowest BCUT2D eigenvalue weighted by Gasteiger charge is -2.09. The molecule has 0 atom stereocenters. The summed E-state index contributed by atoms with van der Waals surface area (Å²) in [5, 5.41) is 13.4. The molecule has 0 bridgehead atoms. The predicted octanol–water partition coefficient (Wildman–Crippen LogP) is 1.45. The molecular formula is C17H14N4O6. The summed E-state index contributed by atoms with van der Waals surface area (Å²) in [6.45, 7) is -0.496. The molecule has 27 heavy (non-hydrogen) atoms. The summed E-state index contributed by atoms with van der Waals surface area (Å²) in [7, 11) is 1.16. The van der Waals surface area contributed by atoms with Crippen LogP contribution in [0.15, 0.2) is 48.3 Å². The molecule has 138 valence electrons. The highest BCUT2D eigenvalue weighted by Crippen LogP contribution is 2.21. The first-order chi connectivity index (χ1) is 12.9. The molecule has 0 spiro atoms. The van der Waals surface area contributed by atoms with Crippen LogP contribution in [-0.4, -0.2) is 46.0 Å². The summed E-state index contributed by atoms with van der Waals surface area (Å²) in [5.74, 6) is -1.39. The molecule has 1 aliphatic heterocycles. The van der Waals surface area contributed by atoms with Crippen LogP contribution in [0.3, 0.4) is 0 Å². The van der Waals surface area contributed by atoms with Crippen molar-refractivity contribution in [2.75, 3.05) is 13.7 Å². The Bertz CT molecular complexity index is 977. The zero-order valence-electron chi connectivity index (χ0n) is 14.1. The second-order valence-electron chi connectivity index (χ2n) is 5.54. The lowest BCUT2D eigenvalue weighted by Crippen LogP contribution is -2.36. The number of methoxy groups -OCH3 is 1. The Kier molecular flexibility index (Phi) is 4.71. The minimum atomic E-state index is -0.731. The second kappa shape index (κ2) is 7.12. The zero-order chi connectivity index (χ0) is 19.6. The number of benzene rings is 1. The molecule has 10 heteroatoms. The van der Waals surface area contributed by atoms with Crippen molar-refractivity contribution < 1.29 is 24.0 Å². The Balaban J connectivity index is 1.92. The summed E-state index contributed by atoms with van der Waals surface area (Å²) < 4.78 is 6.09. The summed E-state index contributed by atoms with van der Waals surface area (Å²) in [6.07, 6.45) is 3.09. The number of imide groups is 1. The SMILES string of the molecule is COC(=O)CN1C(=O)N/C(=C/c2cccn2-c2cccc([N+](=O)[O-])c2)C1=O. The van der Waals surface area contributed by atoms with Crippen molar-refractivity contribution in [2.24, 2.45) is 0 Å². The maximum atomic E-state index is 12.4. The predicted molar refractivity (Wildman–Crippen MR) is 92.7 cm³/mol. The molecule has 2 heterocycles. The van der Waals surface area contributed by atoms with Gasteiger partial charge in [0.1, 0.15) is 12.2 Å². The van der Waals surface area contributed by atoms with Crippen molar-refractivity contribution in [3.8, 4) is 5.69 Å². The number of nitrogens with one attached hydrogen (secondary N) is 1. The number of urea groups is 1. The standard InChI is InChI=1S/C17H14N4O6/c1-27-15(22)10-20-16(23)14(18-17(20)24)9-12-6-3-7-19(12)11-4-2-5-13(8-11)21(25)26/h2-9H,10H2,1H3,(H,18,24)/b14-9+. The lowest BCUT2D eigenvalue weighted by atomic mass is 10.2. The molecule has 0 aliphatic carbocycles. The topological polar surface area (TPSA) is 124 Å². The van der Waals surface area contributed by atoms with E-state index in [2.05, 4.69) is 10.1 Å². The Labute approximate surface area is 152 Å². The number of ether oxygens (including phenoxy) is 1. The van der Waals surface area contributed by atoms with Gasteiger partial charge in [-0.25, -0.2) is 9.69 Å². The largest absolute Gasteiger partial charge is 0.468 e. The van der Waals surface area contributed by atoms with Crippen LogP contribution < -0.4 is 5.32 Å². The van der Waals surface area contributed by atoms with Crippen LogP contribution in [-0.2, 0) is 14.3 Å². The number of rotatable bonds is 5. The smallest absolute Gasteiger partial charge is 0.329 e. The molecule has 2 aromatic rings. The molecule has 1 aromatic heterocycles. The van der Waals surface area contributed by atoms with E-state index >= 15 is 0 Å². The number of nitrogens with zero attached hydrogens (tertiary/aromatic N) is 3. The average molecular weight is 370 g/mol. The van der Waals surface area contributed by atoms with Crippen molar-refractivity contribution in [1.82, 2.24) is 14.8 Å². The highest BCUT2D eigenvalue weighted by molar-refractivity contribution is 6.15. The van der Waals surface area contributed by atoms with Gasteiger partial charge in [-0.3, -0.25) is 19.7 Å². The van der Waals surface area contributed by atoms with E-state index in [1.807, 2.05) is 0 Å². The first kappa shape index (κ1) is 17.9. The lowest BCUT2D eigenvalue weighted by molar-refractivity contribution is -0.384. The maximum Gasteiger partial charge on any atom is 0.329 e. The average Bonchev–Trinajstić information content (AvgIpc) is 3.22. The van der Waals surface area contributed by atoms with E-state index in [1.165, 1.54) is 18.2 Å². The van der Waals surface area contributed by atoms with Crippen LogP contribution in [0.4, 0.5) is 10.5 Å². The van der Waals surface area contributed by atoms with Crippen molar-refractivity contribution in [3.05, 3.63) is 64.1 Å². The van der Waals surface area contributed by atoms with Crippen LogP contribution >= 0.6 is 0 Å². The van der Waals surface area contributed by atoms with E-state index in [9.17, 15) is 24.5 Å². The number of nitro groups is 1. The zero-order valence-corrected chi connectivity index (χ0v) is 14.1. The van der Waals surface area contributed by atoms with Crippen molar-refractivity contribution >= 4 is 29.7 Å². The number of nitro benzene ring substituents is 1. The Hall–Kier alpha value is -3.95. The van der Waals surface area contributed by atoms with Gasteiger partial charge in [-0.2, -0.15) is 0 Å². The molecule has 0 unspecified atom stereocenters. The number of carbonyl (C=O) groups is 3. The van der Waals surface area contributed by atoms with Gasteiger partial charge < -0.3 is 14.6 Å². The van der Waals surface area contributed by atoms with Gasteiger partial charge in [0.15, 0.2) is 0 Å². The molecule has 10 nitrogen and oxygen atoms in total. The summed E-state index contributed by atoms with van der Waals surface area (Å²) >= 11 is 0. The number of amides is 3. The molecule has 3 amide bonds. The van der Waals surface area contributed by atoms with Gasteiger partial charge in [0.05, 0.1) is 17.7 Å². The Morgan fingerprint density at radius 1 is 1.30 bits per heavy atom. The number of esters is 1. The molecule has 0 radical (unpaired) electrons. The van der Waals surface area contributed by atoms with Crippen molar-refractivity contribution in [2.45, 2.75) is 0 Å². The van der Waals surface area contributed by atoms with Crippen LogP contribution in [0.2, 0.25) is 0 Å². The van der Waals surface area contributed by atoms with Gasteiger partial charge in [-0.05, 0) is 24.3 Å². The number of non-ortho nitro benzene ring substituents is 1. The third-order valence-electron chi connectivity index (χ3n) is 3.87. The molecular weight excluding hydrogens is 356 g/mol. The van der Waals surface area contributed by atoms with E-state index in [4.69, 9.17) is 0 Å². The fourth-order valence-electron chi connectivity index (χ4n) is 2.56. The minimum Gasteiger partial charge on any atom is -0.468 e. The monoisotopic (exact) mass is 370 g/mol. The maximum absolute atomic E-state index is 12.4. The minimum absolute atomic E-state index is 0.0192. The highest BCUT2D eigenvalue weighted by atomic mass is 16.6. The van der Waals surface area contributed by atoms with Gasteiger partial charge in [-0.1, -0.05) is 6.07 Å². The van der Waals surface area contributed by atoms with Crippen LogP contribution in [0, 0.1) is 10.1 Å². The van der Waals surface area contributed by atoms with Crippen LogP contribution in [0.25, 0.3) is 11.8 Å².